The van der Waals surface area contributed by atoms with Crippen molar-refractivity contribution >= 4 is 72.8 Å². The predicted octanol–water partition coefficient (Wildman–Crippen LogP) is 1.23. The van der Waals surface area contributed by atoms with Crippen LogP contribution in [0, 0.1) is 0 Å². The first-order valence-electron chi connectivity index (χ1n) is 9.62. The molecule has 0 aromatic rings. The molecule has 0 aromatic carbocycles. The highest BCUT2D eigenvalue weighted by Crippen LogP contribution is 2.30. The molecule has 0 atom stereocenters. The minimum absolute atomic E-state index is 0.450. The van der Waals surface area contributed by atoms with Crippen molar-refractivity contribution in [3.8, 4) is 0 Å². The van der Waals surface area contributed by atoms with Crippen LogP contribution in [0.2, 0.25) is 76.8 Å². The minimum atomic E-state index is -2.03. The molecule has 0 aliphatic rings. The molecule has 0 saturated heterocycles. The minimum Gasteiger partial charge on any atom is -0.456 e. The third-order valence-corrected chi connectivity index (χ3v) is 34.6. The van der Waals surface area contributed by atoms with Crippen molar-refractivity contribution in [1.29, 1.82) is 0 Å². The SMILES string of the molecule is C[SiH2]O[Si](C)(C[Si](C)(C)O[Si](C)(C)C[Si](C)(O[SiH2]C)O[SiH2]C)O[SiH2]C. The van der Waals surface area contributed by atoms with E-state index in [1.54, 1.807) is 0 Å². The zero-order valence-electron chi connectivity index (χ0n) is 18.3. The van der Waals surface area contributed by atoms with Crippen LogP contribution in [-0.4, -0.2) is 72.8 Å². The summed E-state index contributed by atoms with van der Waals surface area (Å²) in [6.45, 7) is 22.7. The largest absolute Gasteiger partial charge is 0.456 e. The fourth-order valence-corrected chi connectivity index (χ4v) is 41.4. The van der Waals surface area contributed by atoms with Gasteiger partial charge in [0.15, 0.2) is 16.6 Å². The summed E-state index contributed by atoms with van der Waals surface area (Å²) < 4.78 is 31.8. The molecular formula is C12H42O5Si8. The summed E-state index contributed by atoms with van der Waals surface area (Å²) >= 11 is 0. The van der Waals surface area contributed by atoms with Crippen molar-refractivity contribution in [2.75, 3.05) is 0 Å². The second-order valence-corrected chi connectivity index (χ2v) is 30.1. The Kier molecular flexibility index (Phi) is 12.2. The lowest BCUT2D eigenvalue weighted by molar-refractivity contribution is 0.417. The highest BCUT2D eigenvalue weighted by molar-refractivity contribution is 6.97. The second kappa shape index (κ2) is 11.5. The first-order valence-corrected chi connectivity index (χ1v) is 28.9. The van der Waals surface area contributed by atoms with Gasteiger partial charge in [-0.2, -0.15) is 0 Å². The summed E-state index contributed by atoms with van der Waals surface area (Å²) in [5, 5.41) is 0. The van der Waals surface area contributed by atoms with Gasteiger partial charge in [0, 0.05) is 11.3 Å². The van der Waals surface area contributed by atoms with Gasteiger partial charge in [-0.25, -0.2) is 0 Å². The number of hydrogen-bond donors (Lipinski definition) is 0. The van der Waals surface area contributed by atoms with E-state index in [0.29, 0.717) is 0 Å². The van der Waals surface area contributed by atoms with Crippen molar-refractivity contribution in [2.24, 2.45) is 0 Å². The molecule has 0 aliphatic heterocycles. The fourth-order valence-electron chi connectivity index (χ4n) is 3.88. The summed E-state index contributed by atoms with van der Waals surface area (Å²) in [6.07, 6.45) is 0. The molecule has 25 heavy (non-hydrogen) atoms. The van der Waals surface area contributed by atoms with Crippen LogP contribution >= 0.6 is 0 Å². The molecule has 0 aromatic heterocycles. The lowest BCUT2D eigenvalue weighted by Crippen LogP contribution is -2.56. The Morgan fingerprint density at radius 3 is 0.960 bits per heavy atom. The van der Waals surface area contributed by atoms with E-state index in [-0.39, 0.29) is 0 Å². The van der Waals surface area contributed by atoms with Gasteiger partial charge in [0.05, 0.1) is 0 Å². The number of rotatable bonds is 14. The first-order chi connectivity index (χ1) is 11.4. The monoisotopic (exact) mass is 490 g/mol. The van der Waals surface area contributed by atoms with E-state index in [2.05, 4.69) is 65.5 Å². The number of hydrogen-bond acceptors (Lipinski definition) is 5. The van der Waals surface area contributed by atoms with Crippen molar-refractivity contribution in [1.82, 2.24) is 0 Å². The van der Waals surface area contributed by atoms with Crippen LogP contribution in [0.1, 0.15) is 0 Å². The molecule has 0 unspecified atom stereocenters. The quantitative estimate of drug-likeness (QED) is 0.343. The summed E-state index contributed by atoms with van der Waals surface area (Å²) in [5.41, 5.74) is 2.09. The van der Waals surface area contributed by atoms with Gasteiger partial charge >= 0.3 is 17.1 Å². The first kappa shape index (κ1) is 26.5. The van der Waals surface area contributed by atoms with E-state index in [4.69, 9.17) is 20.6 Å². The van der Waals surface area contributed by atoms with E-state index in [1.807, 2.05) is 0 Å². The predicted molar refractivity (Wildman–Crippen MR) is 131 cm³/mol. The summed E-state index contributed by atoms with van der Waals surface area (Å²) in [7, 11) is -9.54. The molecule has 0 spiro atoms. The van der Waals surface area contributed by atoms with Gasteiger partial charge in [-0.1, -0.05) is 26.2 Å². The van der Waals surface area contributed by atoms with E-state index >= 15 is 0 Å². The molecule has 5 nitrogen and oxygen atoms in total. The molecule has 152 valence electrons. The summed E-state index contributed by atoms with van der Waals surface area (Å²) in [4.78, 5) is 0. The van der Waals surface area contributed by atoms with E-state index in [9.17, 15) is 0 Å². The average Bonchev–Trinajstić information content (AvgIpc) is 2.35. The Hall–Kier alpha value is 1.54. The average molecular weight is 491 g/mol. The topological polar surface area (TPSA) is 46.2 Å². The fraction of sp³-hybridized carbons (Fsp3) is 1.00. The van der Waals surface area contributed by atoms with Crippen molar-refractivity contribution in [3.05, 3.63) is 0 Å². The Bertz CT molecular complexity index is 339. The lowest BCUT2D eigenvalue weighted by Gasteiger charge is -2.41. The van der Waals surface area contributed by atoms with Gasteiger partial charge in [0.1, 0.15) is 39.1 Å². The van der Waals surface area contributed by atoms with E-state index in [0.717, 1.165) is 11.3 Å². The van der Waals surface area contributed by atoms with Crippen LogP contribution < -0.4 is 0 Å². The molecule has 0 heterocycles. The Morgan fingerprint density at radius 1 is 0.520 bits per heavy atom. The smallest absolute Gasteiger partial charge is 0.313 e. The Balaban J connectivity index is 5.09. The van der Waals surface area contributed by atoms with Crippen LogP contribution in [0.25, 0.3) is 0 Å². The third kappa shape index (κ3) is 11.2. The van der Waals surface area contributed by atoms with E-state index in [1.165, 1.54) is 0 Å². The van der Waals surface area contributed by atoms with Gasteiger partial charge in [-0.05, 0) is 39.3 Å². The maximum atomic E-state index is 6.89. The van der Waals surface area contributed by atoms with Crippen LogP contribution in [0.5, 0.6) is 0 Å². The Morgan fingerprint density at radius 2 is 0.760 bits per heavy atom. The maximum absolute atomic E-state index is 6.89. The molecule has 0 saturated carbocycles. The van der Waals surface area contributed by atoms with Crippen molar-refractivity contribution < 1.29 is 20.6 Å². The zero-order chi connectivity index (χ0) is 19.8. The van der Waals surface area contributed by atoms with Gasteiger partial charge in [-0.15, -0.1) is 0 Å². The molecule has 0 radical (unpaired) electrons. The molecule has 0 bridgehead atoms. The maximum Gasteiger partial charge on any atom is 0.313 e. The zero-order valence-corrected chi connectivity index (χ0v) is 27.9. The van der Waals surface area contributed by atoms with Crippen LogP contribution in [-0.2, 0) is 20.6 Å². The molecular weight excluding hydrogens is 449 g/mol. The van der Waals surface area contributed by atoms with Crippen LogP contribution in [0.15, 0.2) is 0 Å². The van der Waals surface area contributed by atoms with E-state index < -0.39 is 72.8 Å². The molecule has 0 amide bonds. The summed E-state index contributed by atoms with van der Waals surface area (Å²) in [5.74, 6) is 0. The van der Waals surface area contributed by atoms with Gasteiger partial charge < -0.3 is 20.6 Å². The van der Waals surface area contributed by atoms with Crippen molar-refractivity contribution in [2.45, 2.75) is 76.8 Å². The lowest BCUT2D eigenvalue weighted by atomic mass is 11.8. The highest BCUT2D eigenvalue weighted by Gasteiger charge is 2.46. The molecule has 0 N–H and O–H groups in total. The normalized spacial score (nSPS) is 19.9. The van der Waals surface area contributed by atoms with Gasteiger partial charge in [0.2, 0.25) is 0 Å². The highest BCUT2D eigenvalue weighted by atomic mass is 28.5. The second-order valence-electron chi connectivity index (χ2n) is 7.97. The van der Waals surface area contributed by atoms with Crippen LogP contribution in [0.4, 0.5) is 0 Å². The van der Waals surface area contributed by atoms with Gasteiger partial charge in [-0.3, -0.25) is 0 Å². The third-order valence-electron chi connectivity index (χ3n) is 3.84. The standard InChI is InChI=1S/C12H42O5Si8/c1-18-13-24(9,14-19-2)11-22(5,6)17-23(7,8)12-25(10,15-20-3)16-21-4/h11-12,18-21H2,1-10H3. The molecule has 0 aliphatic carbocycles. The van der Waals surface area contributed by atoms with Crippen molar-refractivity contribution in [3.63, 3.8) is 0 Å². The summed E-state index contributed by atoms with van der Waals surface area (Å²) in [6, 6.07) is 0. The van der Waals surface area contributed by atoms with Crippen LogP contribution in [0.3, 0.4) is 0 Å². The molecule has 13 heteroatoms. The van der Waals surface area contributed by atoms with Gasteiger partial charge in [0.25, 0.3) is 0 Å². The molecule has 0 rings (SSSR count). The molecule has 0 fully saturated rings. The Labute approximate surface area is 169 Å².